The number of hydrogen-bond donors (Lipinski definition) is 0. The van der Waals surface area contributed by atoms with Crippen molar-refractivity contribution in [1.29, 1.82) is 0 Å². The van der Waals surface area contributed by atoms with Crippen LogP contribution in [0.3, 0.4) is 0 Å². The molecule has 0 aliphatic heterocycles. The number of carbonyl (C=O) groups is 2. The summed E-state index contributed by atoms with van der Waals surface area (Å²) in [6.45, 7) is -0.434. The molecule has 0 radical (unpaired) electrons. The number of rotatable bonds is 7. The highest BCUT2D eigenvalue weighted by atomic mass is 16.5. The first-order valence-corrected chi connectivity index (χ1v) is 8.19. The summed E-state index contributed by atoms with van der Waals surface area (Å²) >= 11 is 0. The van der Waals surface area contributed by atoms with Gasteiger partial charge in [-0.3, -0.25) is 4.79 Å². The van der Waals surface area contributed by atoms with Crippen LogP contribution in [0, 0.1) is 0 Å². The maximum atomic E-state index is 12.4. The summed E-state index contributed by atoms with van der Waals surface area (Å²) in [4.78, 5) is 24.8. The molecule has 0 saturated carbocycles. The number of carbonyl (C=O) groups excluding carboxylic acids is 2. The van der Waals surface area contributed by atoms with Gasteiger partial charge in [-0.15, -0.1) is 0 Å². The molecule has 0 aliphatic carbocycles. The van der Waals surface area contributed by atoms with Crippen LogP contribution < -0.4 is 9.47 Å². The third-order valence-electron chi connectivity index (χ3n) is 3.98. The predicted molar refractivity (Wildman–Crippen MR) is 98.3 cm³/mol. The van der Waals surface area contributed by atoms with Crippen LogP contribution in [0.4, 0.5) is 0 Å². The van der Waals surface area contributed by atoms with Crippen molar-refractivity contribution in [2.24, 2.45) is 0 Å². The van der Waals surface area contributed by atoms with Gasteiger partial charge in [0.2, 0.25) is 11.5 Å². The normalized spacial score (nSPS) is 10.3. The van der Waals surface area contributed by atoms with Crippen LogP contribution in [0.1, 0.15) is 20.9 Å². The second-order valence-corrected chi connectivity index (χ2v) is 5.59. The largest absolute Gasteiger partial charge is 0.497 e. The molecule has 0 aliphatic rings. The summed E-state index contributed by atoms with van der Waals surface area (Å²) in [5.74, 6) is -0.145. The molecular formula is C21H18O6. The minimum atomic E-state index is -0.709. The van der Waals surface area contributed by atoms with Gasteiger partial charge in [0, 0.05) is 11.6 Å². The molecule has 1 heterocycles. The highest BCUT2D eigenvalue weighted by Crippen LogP contribution is 2.27. The van der Waals surface area contributed by atoms with Crippen molar-refractivity contribution in [1.82, 2.24) is 0 Å². The maximum absolute atomic E-state index is 12.4. The van der Waals surface area contributed by atoms with E-state index in [1.165, 1.54) is 20.5 Å². The molecule has 1 aromatic heterocycles. The summed E-state index contributed by atoms with van der Waals surface area (Å²) in [6, 6.07) is 15.8. The smallest absolute Gasteiger partial charge is 0.375 e. The fourth-order valence-corrected chi connectivity index (χ4v) is 2.62. The average molecular weight is 366 g/mol. The summed E-state index contributed by atoms with van der Waals surface area (Å²) < 4.78 is 20.7. The van der Waals surface area contributed by atoms with Crippen LogP contribution in [0.25, 0.3) is 11.1 Å². The van der Waals surface area contributed by atoms with Gasteiger partial charge in [0.15, 0.2) is 6.61 Å². The van der Waals surface area contributed by atoms with Gasteiger partial charge in [-0.25, -0.2) is 4.79 Å². The van der Waals surface area contributed by atoms with Crippen molar-refractivity contribution in [3.05, 3.63) is 72.2 Å². The molecular weight excluding hydrogens is 348 g/mol. The van der Waals surface area contributed by atoms with Crippen molar-refractivity contribution in [2.45, 2.75) is 0 Å². The van der Waals surface area contributed by atoms with Crippen molar-refractivity contribution < 1.29 is 28.2 Å². The Hall–Kier alpha value is -3.54. The van der Waals surface area contributed by atoms with Gasteiger partial charge >= 0.3 is 5.97 Å². The number of esters is 1. The third kappa shape index (κ3) is 4.00. The van der Waals surface area contributed by atoms with Crippen molar-refractivity contribution in [3.63, 3.8) is 0 Å². The molecule has 3 rings (SSSR count). The first-order valence-electron chi connectivity index (χ1n) is 8.19. The van der Waals surface area contributed by atoms with Crippen LogP contribution in [0.5, 0.6) is 11.5 Å². The topological polar surface area (TPSA) is 75.0 Å². The quantitative estimate of drug-likeness (QED) is 0.465. The Morgan fingerprint density at radius 3 is 2.44 bits per heavy atom. The number of furan rings is 1. The van der Waals surface area contributed by atoms with Gasteiger partial charge in [-0.05, 0) is 23.8 Å². The third-order valence-corrected chi connectivity index (χ3v) is 3.98. The lowest BCUT2D eigenvalue weighted by molar-refractivity contribution is 0.0444. The Bertz CT molecular complexity index is 942. The zero-order valence-electron chi connectivity index (χ0n) is 14.9. The summed E-state index contributed by atoms with van der Waals surface area (Å²) in [5.41, 5.74) is 1.73. The van der Waals surface area contributed by atoms with Crippen molar-refractivity contribution in [2.75, 3.05) is 20.8 Å². The van der Waals surface area contributed by atoms with Gasteiger partial charge in [0.25, 0.3) is 0 Å². The lowest BCUT2D eigenvalue weighted by Gasteiger charge is -2.10. The summed E-state index contributed by atoms with van der Waals surface area (Å²) in [6.07, 6.45) is 1.41. The van der Waals surface area contributed by atoms with Gasteiger partial charge in [0.1, 0.15) is 11.5 Å². The Balaban J connectivity index is 1.72. The lowest BCUT2D eigenvalue weighted by Crippen LogP contribution is -2.15. The maximum Gasteiger partial charge on any atom is 0.375 e. The molecule has 0 unspecified atom stereocenters. The van der Waals surface area contributed by atoms with Gasteiger partial charge in [0.05, 0.1) is 26.0 Å². The van der Waals surface area contributed by atoms with E-state index in [9.17, 15) is 9.59 Å². The van der Waals surface area contributed by atoms with E-state index >= 15 is 0 Å². The fraction of sp³-hybridized carbons (Fsp3) is 0.143. The molecule has 0 atom stereocenters. The fourth-order valence-electron chi connectivity index (χ4n) is 2.62. The molecule has 0 N–H and O–H groups in total. The Kier molecular flexibility index (Phi) is 5.56. The highest BCUT2D eigenvalue weighted by molar-refractivity contribution is 6.02. The van der Waals surface area contributed by atoms with Crippen LogP contribution in [0.15, 0.2) is 65.3 Å². The molecule has 0 amide bonds. The Morgan fingerprint density at radius 2 is 1.74 bits per heavy atom. The van der Waals surface area contributed by atoms with Crippen LogP contribution in [-0.4, -0.2) is 32.6 Å². The Labute approximate surface area is 156 Å². The summed E-state index contributed by atoms with van der Waals surface area (Å²) in [7, 11) is 2.97. The Morgan fingerprint density at radius 1 is 0.963 bits per heavy atom. The monoisotopic (exact) mass is 366 g/mol. The second-order valence-electron chi connectivity index (χ2n) is 5.59. The van der Waals surface area contributed by atoms with E-state index in [0.29, 0.717) is 22.6 Å². The zero-order chi connectivity index (χ0) is 19.2. The highest BCUT2D eigenvalue weighted by Gasteiger charge is 2.21. The zero-order valence-corrected chi connectivity index (χ0v) is 14.9. The van der Waals surface area contributed by atoms with Gasteiger partial charge in [-0.1, -0.05) is 30.3 Å². The van der Waals surface area contributed by atoms with Crippen molar-refractivity contribution in [3.8, 4) is 22.6 Å². The first kappa shape index (κ1) is 18.3. The van der Waals surface area contributed by atoms with E-state index in [2.05, 4.69) is 0 Å². The number of hydrogen-bond acceptors (Lipinski definition) is 6. The van der Waals surface area contributed by atoms with E-state index in [1.54, 1.807) is 24.3 Å². The first-order chi connectivity index (χ1) is 13.1. The van der Waals surface area contributed by atoms with Crippen LogP contribution in [-0.2, 0) is 4.74 Å². The van der Waals surface area contributed by atoms with E-state index in [1.807, 2.05) is 30.3 Å². The van der Waals surface area contributed by atoms with Crippen molar-refractivity contribution >= 4 is 11.8 Å². The van der Waals surface area contributed by atoms with E-state index in [0.717, 1.165) is 5.56 Å². The van der Waals surface area contributed by atoms with E-state index in [4.69, 9.17) is 18.6 Å². The van der Waals surface area contributed by atoms with Gasteiger partial charge in [-0.2, -0.15) is 0 Å². The minimum absolute atomic E-state index is 0.0516. The molecule has 2 aromatic carbocycles. The minimum Gasteiger partial charge on any atom is -0.497 e. The molecule has 0 saturated heterocycles. The lowest BCUT2D eigenvalue weighted by atomic mass is 10.1. The number of Topliss-reactive ketones (excluding diaryl/α,β-unsaturated/α-hetero) is 1. The number of benzene rings is 2. The molecule has 138 valence electrons. The molecule has 0 bridgehead atoms. The molecule has 3 aromatic rings. The molecule has 0 spiro atoms. The van der Waals surface area contributed by atoms with Crippen LogP contribution in [0.2, 0.25) is 0 Å². The average Bonchev–Trinajstić information content (AvgIpc) is 3.22. The standard InChI is InChI=1S/C21H18O6/c1-24-15-8-9-17(19(12-15)25-2)18(22)13-27-21(23)20-16(10-11-26-20)14-6-4-3-5-7-14/h3-12H,13H2,1-2H3. The van der Waals surface area contributed by atoms with E-state index < -0.39 is 18.4 Å². The van der Waals surface area contributed by atoms with Crippen LogP contribution >= 0.6 is 0 Å². The molecule has 0 fully saturated rings. The number of methoxy groups -OCH3 is 2. The number of ether oxygens (including phenoxy) is 3. The number of ketones is 1. The second kappa shape index (κ2) is 8.23. The molecule has 6 heteroatoms. The van der Waals surface area contributed by atoms with Gasteiger partial charge < -0.3 is 18.6 Å². The molecule has 6 nitrogen and oxygen atoms in total. The van der Waals surface area contributed by atoms with E-state index in [-0.39, 0.29) is 5.76 Å². The predicted octanol–water partition coefficient (Wildman–Crippen LogP) is 4.00. The SMILES string of the molecule is COc1ccc(C(=O)COC(=O)c2occc2-c2ccccc2)c(OC)c1. The summed E-state index contributed by atoms with van der Waals surface area (Å²) in [5, 5.41) is 0. The molecule has 27 heavy (non-hydrogen) atoms.